The molecule has 3 nitrogen and oxygen atoms in total. The van der Waals surface area contributed by atoms with Crippen molar-refractivity contribution in [1.82, 2.24) is 0 Å². The van der Waals surface area contributed by atoms with E-state index in [1.54, 1.807) is 0 Å². The van der Waals surface area contributed by atoms with Crippen molar-refractivity contribution >= 4 is 6.16 Å². The van der Waals surface area contributed by atoms with Crippen LogP contribution in [-0.4, -0.2) is 11.3 Å². The van der Waals surface area contributed by atoms with Gasteiger partial charge in [0.25, 0.3) is 0 Å². The second-order valence-corrected chi connectivity index (χ2v) is 7.74. The monoisotopic (exact) mass is 396 g/mol. The molecule has 29 heavy (non-hydrogen) atoms. The van der Waals surface area contributed by atoms with Crippen molar-refractivity contribution in [1.29, 1.82) is 0 Å². The van der Waals surface area contributed by atoms with Crippen LogP contribution in [0, 0.1) is 0 Å². The first-order valence-corrected chi connectivity index (χ1v) is 11.2. The van der Waals surface area contributed by atoms with E-state index in [4.69, 9.17) is 4.74 Å². The third-order valence-electron chi connectivity index (χ3n) is 5.43. The molecule has 2 rings (SSSR count). The first kappa shape index (κ1) is 23.0. The number of ether oxygens (including phenoxy) is 1. The topological polar surface area (TPSA) is 46.5 Å². The molecule has 0 aliphatic carbocycles. The molecule has 0 atom stereocenters. The molecule has 158 valence electrons. The number of hydrogen-bond acceptors (Lipinski definition) is 2. The summed E-state index contributed by atoms with van der Waals surface area (Å²) in [5, 5.41) is 9.36. The van der Waals surface area contributed by atoms with E-state index in [0.717, 1.165) is 68.9 Å². The minimum absolute atomic E-state index is 0.517. The second-order valence-electron chi connectivity index (χ2n) is 7.74. The van der Waals surface area contributed by atoms with Gasteiger partial charge >= 0.3 is 6.16 Å². The van der Waals surface area contributed by atoms with E-state index >= 15 is 0 Å². The van der Waals surface area contributed by atoms with Crippen LogP contribution >= 0.6 is 0 Å². The van der Waals surface area contributed by atoms with E-state index in [2.05, 4.69) is 52.0 Å². The van der Waals surface area contributed by atoms with Crippen molar-refractivity contribution in [3.63, 3.8) is 0 Å². The molecule has 0 spiro atoms. The summed E-state index contributed by atoms with van der Waals surface area (Å²) in [6.45, 7) is 8.74. The Balaban J connectivity index is 2.79. The molecule has 0 saturated carbocycles. The molecule has 3 heteroatoms. The minimum atomic E-state index is -1.24. The molecule has 2 aromatic rings. The highest BCUT2D eigenvalue weighted by Crippen LogP contribution is 2.39. The fourth-order valence-electron chi connectivity index (χ4n) is 4.20. The third-order valence-corrected chi connectivity index (χ3v) is 5.43. The number of aryl methyl sites for hydroxylation is 1. The summed E-state index contributed by atoms with van der Waals surface area (Å²) >= 11 is 0. The summed E-state index contributed by atoms with van der Waals surface area (Å²) in [5.74, 6) is 0.517. The number of hydrogen-bond donors (Lipinski definition) is 1. The molecular formula is C26H36O3. The van der Waals surface area contributed by atoms with Crippen molar-refractivity contribution in [3.8, 4) is 16.9 Å². The lowest BCUT2D eigenvalue weighted by Gasteiger charge is -2.23. The van der Waals surface area contributed by atoms with E-state index in [1.165, 1.54) is 22.3 Å². The van der Waals surface area contributed by atoms with Crippen molar-refractivity contribution in [2.24, 2.45) is 0 Å². The van der Waals surface area contributed by atoms with Gasteiger partial charge in [-0.1, -0.05) is 77.6 Å². The summed E-state index contributed by atoms with van der Waals surface area (Å²) in [7, 11) is 0. The fraction of sp³-hybridized carbons (Fsp3) is 0.500. The highest BCUT2D eigenvalue weighted by molar-refractivity contribution is 5.76. The Kier molecular flexibility index (Phi) is 9.24. The molecular weight excluding hydrogens is 360 g/mol. The van der Waals surface area contributed by atoms with Gasteiger partial charge in [0.05, 0.1) is 0 Å². The Morgan fingerprint density at radius 3 is 2.03 bits per heavy atom. The van der Waals surface area contributed by atoms with Crippen LogP contribution in [0.4, 0.5) is 4.79 Å². The molecule has 0 amide bonds. The van der Waals surface area contributed by atoms with Crippen LogP contribution in [0.1, 0.15) is 82.1 Å². The van der Waals surface area contributed by atoms with Gasteiger partial charge in [-0.05, 0) is 71.6 Å². The van der Waals surface area contributed by atoms with Crippen LogP contribution in [0.2, 0.25) is 0 Å². The molecule has 0 fully saturated rings. The zero-order valence-electron chi connectivity index (χ0n) is 18.5. The standard InChI is InChI=1S/C26H36O3/c1-5-9-15-19-16-10-11-17-20(19)24-18-25(29-26(27)28)23(14-8-4)21(12-6-2)22(24)13-7-3/h10-11,16-18H,5-9,12-15H2,1-4H3,(H,27,28). The van der Waals surface area contributed by atoms with Gasteiger partial charge in [-0.25, -0.2) is 4.79 Å². The van der Waals surface area contributed by atoms with Gasteiger partial charge in [0, 0.05) is 0 Å². The summed E-state index contributed by atoms with van der Waals surface area (Å²) in [6, 6.07) is 10.6. The van der Waals surface area contributed by atoms with E-state index in [9.17, 15) is 9.90 Å². The van der Waals surface area contributed by atoms with Crippen LogP contribution in [0.25, 0.3) is 11.1 Å². The van der Waals surface area contributed by atoms with Gasteiger partial charge in [0.1, 0.15) is 5.75 Å². The van der Waals surface area contributed by atoms with Crippen molar-refractivity contribution in [2.45, 2.75) is 85.5 Å². The first-order chi connectivity index (χ1) is 14.1. The smallest absolute Gasteiger partial charge is 0.449 e. The van der Waals surface area contributed by atoms with Gasteiger partial charge in [-0.3, -0.25) is 0 Å². The average molecular weight is 397 g/mol. The van der Waals surface area contributed by atoms with Gasteiger partial charge < -0.3 is 9.84 Å². The molecule has 0 aliphatic heterocycles. The number of benzene rings is 2. The Morgan fingerprint density at radius 2 is 1.41 bits per heavy atom. The van der Waals surface area contributed by atoms with Crippen LogP contribution in [0.3, 0.4) is 0 Å². The van der Waals surface area contributed by atoms with Gasteiger partial charge in [-0.15, -0.1) is 0 Å². The maximum absolute atomic E-state index is 11.4. The molecule has 0 radical (unpaired) electrons. The Hall–Kier alpha value is -2.29. The second kappa shape index (κ2) is 11.6. The van der Waals surface area contributed by atoms with Gasteiger partial charge in [0.2, 0.25) is 0 Å². The lowest BCUT2D eigenvalue weighted by molar-refractivity contribution is 0.144. The predicted octanol–water partition coefficient (Wildman–Crippen LogP) is 7.61. The first-order valence-electron chi connectivity index (χ1n) is 11.2. The number of rotatable bonds is 11. The summed E-state index contributed by atoms with van der Waals surface area (Å²) in [5.41, 5.74) is 7.46. The zero-order valence-corrected chi connectivity index (χ0v) is 18.5. The van der Waals surface area contributed by atoms with Gasteiger partial charge in [0.15, 0.2) is 0 Å². The summed E-state index contributed by atoms with van der Waals surface area (Å²) in [4.78, 5) is 11.4. The number of carboxylic acid groups (broad SMARTS) is 1. The minimum Gasteiger partial charge on any atom is -0.449 e. The largest absolute Gasteiger partial charge is 0.511 e. The van der Waals surface area contributed by atoms with Crippen molar-refractivity contribution < 1.29 is 14.6 Å². The summed E-state index contributed by atoms with van der Waals surface area (Å²) in [6.07, 6.45) is 7.94. The Bertz CT molecular complexity index is 808. The maximum Gasteiger partial charge on any atom is 0.511 e. The number of unbranched alkanes of at least 4 members (excludes halogenated alkanes) is 1. The highest BCUT2D eigenvalue weighted by Gasteiger charge is 2.21. The molecule has 0 bridgehead atoms. The molecule has 2 aromatic carbocycles. The van der Waals surface area contributed by atoms with Gasteiger partial charge in [-0.2, -0.15) is 0 Å². The van der Waals surface area contributed by atoms with Crippen molar-refractivity contribution in [2.75, 3.05) is 0 Å². The summed E-state index contributed by atoms with van der Waals surface area (Å²) < 4.78 is 5.32. The molecule has 0 unspecified atom stereocenters. The Morgan fingerprint density at radius 1 is 0.793 bits per heavy atom. The van der Waals surface area contributed by atoms with Crippen LogP contribution in [-0.2, 0) is 25.7 Å². The van der Waals surface area contributed by atoms with E-state index in [0.29, 0.717) is 5.75 Å². The quantitative estimate of drug-likeness (QED) is 0.314. The SMILES string of the molecule is CCCCc1ccccc1-c1cc(OC(=O)O)c(CCC)c(CCC)c1CCC. The van der Waals surface area contributed by atoms with E-state index in [1.807, 2.05) is 6.07 Å². The normalized spacial score (nSPS) is 10.9. The van der Waals surface area contributed by atoms with E-state index < -0.39 is 6.16 Å². The lowest BCUT2D eigenvalue weighted by atomic mass is 9.84. The predicted molar refractivity (Wildman–Crippen MR) is 121 cm³/mol. The van der Waals surface area contributed by atoms with Crippen LogP contribution < -0.4 is 4.74 Å². The molecule has 0 heterocycles. The highest BCUT2D eigenvalue weighted by atomic mass is 16.7. The van der Waals surface area contributed by atoms with Crippen molar-refractivity contribution in [3.05, 3.63) is 52.6 Å². The molecule has 0 aromatic heterocycles. The van der Waals surface area contributed by atoms with Crippen LogP contribution in [0.15, 0.2) is 30.3 Å². The zero-order chi connectivity index (χ0) is 21.2. The third kappa shape index (κ3) is 5.85. The molecule has 0 aliphatic rings. The fourth-order valence-corrected chi connectivity index (χ4v) is 4.20. The average Bonchev–Trinajstić information content (AvgIpc) is 2.70. The maximum atomic E-state index is 11.4. The number of carbonyl (C=O) groups is 1. The Labute approximate surface area is 176 Å². The lowest BCUT2D eigenvalue weighted by Crippen LogP contribution is -2.11. The molecule has 1 N–H and O–H groups in total. The van der Waals surface area contributed by atoms with E-state index in [-0.39, 0.29) is 0 Å². The van der Waals surface area contributed by atoms with Crippen LogP contribution in [0.5, 0.6) is 5.75 Å². The molecule has 0 saturated heterocycles.